The molecule has 0 unspecified atom stereocenters. The molecule has 8 heteroatoms. The van der Waals surface area contributed by atoms with Gasteiger partial charge in [-0.05, 0) is 17.7 Å². The fraction of sp³-hybridized carbons (Fsp3) is 0.0769. The fourth-order valence-corrected chi connectivity index (χ4v) is 1.88. The highest BCUT2D eigenvalue weighted by Crippen LogP contribution is 2.08. The van der Waals surface area contributed by atoms with Crippen molar-refractivity contribution in [3.63, 3.8) is 0 Å². The van der Waals surface area contributed by atoms with Gasteiger partial charge in [0.1, 0.15) is 5.39 Å². The lowest BCUT2D eigenvalue weighted by Crippen LogP contribution is -2.12. The topological polar surface area (TPSA) is 124 Å². The summed E-state index contributed by atoms with van der Waals surface area (Å²) in [4.78, 5) is 29.3. The standard InChI is InChI=1S/C13H11N5O3/c19-11-9-6-15-18-10(9)16-13(17-11)14-5-7-1-3-8(4-2-7)12(20)21/h1-4,6H,5H2,(H,20,21)(H3,14,15,16,17,18,19). The van der Waals surface area contributed by atoms with Gasteiger partial charge in [-0.2, -0.15) is 10.1 Å². The van der Waals surface area contributed by atoms with Gasteiger partial charge in [0.15, 0.2) is 5.65 Å². The van der Waals surface area contributed by atoms with Crippen molar-refractivity contribution in [3.05, 3.63) is 51.9 Å². The highest BCUT2D eigenvalue weighted by Gasteiger charge is 2.05. The third-order valence-corrected chi connectivity index (χ3v) is 2.98. The molecule has 0 fully saturated rings. The SMILES string of the molecule is O=C(O)c1ccc(CNc2nc3[nH]ncc3c(=O)[nH]2)cc1. The average molecular weight is 285 g/mol. The highest BCUT2D eigenvalue weighted by atomic mass is 16.4. The Morgan fingerprint density at radius 1 is 1.29 bits per heavy atom. The van der Waals surface area contributed by atoms with Gasteiger partial charge in [-0.3, -0.25) is 14.9 Å². The lowest BCUT2D eigenvalue weighted by atomic mass is 10.1. The molecule has 4 N–H and O–H groups in total. The molecule has 0 bridgehead atoms. The van der Waals surface area contributed by atoms with Crippen LogP contribution in [0.25, 0.3) is 11.0 Å². The maximum atomic E-state index is 11.7. The number of fused-ring (bicyclic) bond motifs is 1. The van der Waals surface area contributed by atoms with Gasteiger partial charge in [0.2, 0.25) is 5.95 Å². The van der Waals surface area contributed by atoms with Gasteiger partial charge >= 0.3 is 5.97 Å². The Bertz CT molecular complexity index is 850. The van der Waals surface area contributed by atoms with E-state index in [4.69, 9.17) is 5.11 Å². The number of carboxylic acid groups (broad SMARTS) is 1. The number of hydrogen-bond donors (Lipinski definition) is 4. The summed E-state index contributed by atoms with van der Waals surface area (Å²) in [5, 5.41) is 18.6. The fourth-order valence-electron chi connectivity index (χ4n) is 1.88. The van der Waals surface area contributed by atoms with Gasteiger partial charge < -0.3 is 10.4 Å². The molecule has 0 aliphatic heterocycles. The summed E-state index contributed by atoms with van der Waals surface area (Å²) in [6.45, 7) is 0.405. The van der Waals surface area contributed by atoms with Crippen LogP contribution in [-0.4, -0.2) is 31.2 Å². The molecular formula is C13H11N5O3. The zero-order chi connectivity index (χ0) is 14.8. The van der Waals surface area contributed by atoms with Crippen molar-refractivity contribution in [1.29, 1.82) is 0 Å². The van der Waals surface area contributed by atoms with E-state index in [1.54, 1.807) is 12.1 Å². The molecule has 0 amide bonds. The summed E-state index contributed by atoms with van der Waals surface area (Å²) in [6.07, 6.45) is 1.41. The monoisotopic (exact) mass is 285 g/mol. The number of aromatic amines is 2. The summed E-state index contributed by atoms with van der Waals surface area (Å²) in [5.41, 5.74) is 1.22. The highest BCUT2D eigenvalue weighted by molar-refractivity contribution is 5.87. The number of rotatable bonds is 4. The minimum absolute atomic E-state index is 0.226. The number of H-pyrrole nitrogens is 2. The Kier molecular flexibility index (Phi) is 3.11. The number of hydrogen-bond acceptors (Lipinski definition) is 5. The Morgan fingerprint density at radius 2 is 2.05 bits per heavy atom. The molecule has 106 valence electrons. The second-order valence-electron chi connectivity index (χ2n) is 4.40. The predicted octanol–water partition coefficient (Wildman–Crippen LogP) is 0.956. The molecule has 3 rings (SSSR count). The first kappa shape index (κ1) is 12.9. The molecule has 0 radical (unpaired) electrons. The molecule has 21 heavy (non-hydrogen) atoms. The Balaban J connectivity index is 1.76. The number of nitrogens with zero attached hydrogens (tertiary/aromatic N) is 2. The van der Waals surface area contributed by atoms with Crippen LogP contribution in [0.15, 0.2) is 35.3 Å². The molecule has 0 atom stereocenters. The van der Waals surface area contributed by atoms with Crippen molar-refractivity contribution in [2.45, 2.75) is 6.54 Å². The molecule has 1 aromatic carbocycles. The number of aromatic carboxylic acids is 1. The number of nitrogens with one attached hydrogen (secondary N) is 3. The molecule has 2 aromatic heterocycles. The minimum atomic E-state index is -0.967. The third-order valence-electron chi connectivity index (χ3n) is 2.98. The van der Waals surface area contributed by atoms with Crippen LogP contribution in [0.4, 0.5) is 5.95 Å². The molecule has 0 aliphatic rings. The van der Waals surface area contributed by atoms with Crippen molar-refractivity contribution in [1.82, 2.24) is 20.2 Å². The summed E-state index contributed by atoms with van der Waals surface area (Å²) >= 11 is 0. The zero-order valence-electron chi connectivity index (χ0n) is 10.8. The van der Waals surface area contributed by atoms with Crippen LogP contribution < -0.4 is 10.9 Å². The lowest BCUT2D eigenvalue weighted by molar-refractivity contribution is 0.0697. The van der Waals surface area contributed by atoms with E-state index in [1.807, 2.05) is 0 Å². The molecule has 8 nitrogen and oxygen atoms in total. The van der Waals surface area contributed by atoms with Crippen LogP contribution in [0.2, 0.25) is 0 Å². The number of carboxylic acids is 1. The van der Waals surface area contributed by atoms with E-state index in [2.05, 4.69) is 25.5 Å². The Morgan fingerprint density at radius 3 is 2.76 bits per heavy atom. The molecule has 0 saturated carbocycles. The second-order valence-corrected chi connectivity index (χ2v) is 4.40. The van der Waals surface area contributed by atoms with Crippen LogP contribution in [0, 0.1) is 0 Å². The van der Waals surface area contributed by atoms with E-state index in [-0.39, 0.29) is 11.1 Å². The van der Waals surface area contributed by atoms with Gasteiger partial charge in [0.25, 0.3) is 5.56 Å². The normalized spacial score (nSPS) is 10.7. The predicted molar refractivity (Wildman–Crippen MR) is 75.2 cm³/mol. The van der Waals surface area contributed by atoms with Gasteiger partial charge in [-0.1, -0.05) is 12.1 Å². The van der Waals surface area contributed by atoms with Crippen molar-refractivity contribution >= 4 is 23.0 Å². The van der Waals surface area contributed by atoms with Crippen molar-refractivity contribution in [3.8, 4) is 0 Å². The maximum absolute atomic E-state index is 11.7. The molecule has 2 heterocycles. The summed E-state index contributed by atoms with van der Waals surface area (Å²) in [7, 11) is 0. The van der Waals surface area contributed by atoms with Gasteiger partial charge in [0, 0.05) is 6.54 Å². The first-order valence-electron chi connectivity index (χ1n) is 6.13. The van der Waals surface area contributed by atoms with Crippen LogP contribution in [0.3, 0.4) is 0 Å². The molecule has 0 saturated heterocycles. The first-order valence-corrected chi connectivity index (χ1v) is 6.13. The van der Waals surface area contributed by atoms with Crippen molar-refractivity contribution < 1.29 is 9.90 Å². The summed E-state index contributed by atoms with van der Waals surface area (Å²) in [5.74, 6) is -0.649. The third kappa shape index (κ3) is 2.59. The van der Waals surface area contributed by atoms with Crippen LogP contribution >= 0.6 is 0 Å². The van der Waals surface area contributed by atoms with E-state index >= 15 is 0 Å². The van der Waals surface area contributed by atoms with Crippen LogP contribution in [-0.2, 0) is 6.54 Å². The zero-order valence-corrected chi connectivity index (χ0v) is 10.8. The molecule has 3 aromatic rings. The van der Waals surface area contributed by atoms with Crippen LogP contribution in [0.1, 0.15) is 15.9 Å². The average Bonchev–Trinajstić information content (AvgIpc) is 2.94. The second kappa shape index (κ2) is 5.08. The number of aromatic nitrogens is 4. The molecule has 0 aliphatic carbocycles. The van der Waals surface area contributed by atoms with Gasteiger partial charge in [-0.15, -0.1) is 0 Å². The Hall–Kier alpha value is -3.16. The first-order chi connectivity index (χ1) is 10.1. The number of benzene rings is 1. The maximum Gasteiger partial charge on any atom is 0.335 e. The van der Waals surface area contributed by atoms with Crippen LogP contribution in [0.5, 0.6) is 0 Å². The van der Waals surface area contributed by atoms with Crippen molar-refractivity contribution in [2.24, 2.45) is 0 Å². The quantitative estimate of drug-likeness (QED) is 0.566. The van der Waals surface area contributed by atoms with E-state index in [1.165, 1.54) is 18.3 Å². The summed E-state index contributed by atoms with van der Waals surface area (Å²) in [6, 6.07) is 6.44. The number of anilines is 1. The van der Waals surface area contributed by atoms with E-state index < -0.39 is 5.97 Å². The van der Waals surface area contributed by atoms with Crippen molar-refractivity contribution in [2.75, 3.05) is 5.32 Å². The van der Waals surface area contributed by atoms with E-state index in [0.717, 1.165) is 5.56 Å². The summed E-state index contributed by atoms with van der Waals surface area (Å²) < 4.78 is 0. The largest absolute Gasteiger partial charge is 0.478 e. The van der Waals surface area contributed by atoms with Gasteiger partial charge in [0.05, 0.1) is 11.8 Å². The number of carbonyl (C=O) groups is 1. The molecular weight excluding hydrogens is 274 g/mol. The van der Waals surface area contributed by atoms with E-state index in [0.29, 0.717) is 23.5 Å². The van der Waals surface area contributed by atoms with Gasteiger partial charge in [-0.25, -0.2) is 4.79 Å². The van der Waals surface area contributed by atoms with E-state index in [9.17, 15) is 9.59 Å². The smallest absolute Gasteiger partial charge is 0.335 e. The lowest BCUT2D eigenvalue weighted by Gasteiger charge is -2.05. The Labute approximate surface area is 117 Å². The minimum Gasteiger partial charge on any atom is -0.478 e. The molecule has 0 spiro atoms.